The molecular weight excluding hydrogens is 544 g/mol. The molecule has 6 aromatic carbocycles. The van der Waals surface area contributed by atoms with Crippen molar-refractivity contribution in [3.05, 3.63) is 163 Å². The summed E-state index contributed by atoms with van der Waals surface area (Å²) in [6.45, 7) is 2.34. The zero-order chi connectivity index (χ0) is 29.9. The van der Waals surface area contributed by atoms with Gasteiger partial charge in [-0.05, 0) is 88.7 Å². The van der Waals surface area contributed by atoms with Gasteiger partial charge in [0, 0.05) is 33.2 Å². The van der Waals surface area contributed by atoms with Gasteiger partial charge in [0.1, 0.15) is 0 Å². The Morgan fingerprint density at radius 1 is 0.467 bits per heavy atom. The van der Waals surface area contributed by atoms with E-state index in [9.17, 15) is 0 Å². The van der Waals surface area contributed by atoms with Crippen molar-refractivity contribution in [1.82, 2.24) is 9.13 Å². The molecule has 0 bridgehead atoms. The lowest BCUT2D eigenvalue weighted by Crippen LogP contribution is -2.02. The highest BCUT2D eigenvalue weighted by Crippen LogP contribution is 2.40. The fourth-order valence-corrected chi connectivity index (χ4v) is 7.51. The van der Waals surface area contributed by atoms with E-state index < -0.39 is 0 Å². The largest absolute Gasteiger partial charge is 0.310 e. The molecule has 9 rings (SSSR count). The van der Waals surface area contributed by atoms with Crippen molar-refractivity contribution in [3.8, 4) is 33.6 Å². The van der Waals surface area contributed by atoms with Crippen LogP contribution in [-0.4, -0.2) is 9.13 Å². The van der Waals surface area contributed by atoms with E-state index in [4.69, 9.17) is 0 Å². The number of rotatable bonds is 4. The normalized spacial score (nSPS) is 14.4. The van der Waals surface area contributed by atoms with Gasteiger partial charge in [-0.25, -0.2) is 0 Å². The van der Waals surface area contributed by atoms with Gasteiger partial charge in [-0.1, -0.05) is 116 Å². The van der Waals surface area contributed by atoms with Crippen LogP contribution in [0.4, 0.5) is 0 Å². The first-order chi connectivity index (χ1) is 22.3. The molecule has 45 heavy (non-hydrogen) atoms. The molecule has 1 aliphatic rings. The monoisotopic (exact) mass is 576 g/mol. The van der Waals surface area contributed by atoms with Gasteiger partial charge in [-0.2, -0.15) is 0 Å². The van der Waals surface area contributed by atoms with E-state index in [-0.39, 0.29) is 0 Å². The van der Waals surface area contributed by atoms with Crippen molar-refractivity contribution in [2.45, 2.75) is 19.3 Å². The molecule has 2 aromatic heterocycles. The molecule has 2 heterocycles. The lowest BCUT2D eigenvalue weighted by Gasteiger charge is -2.17. The maximum atomic E-state index is 2.43. The first-order valence-corrected chi connectivity index (χ1v) is 15.8. The minimum absolute atomic E-state index is 0.517. The van der Waals surface area contributed by atoms with Crippen molar-refractivity contribution in [3.63, 3.8) is 0 Å². The Labute approximate surface area is 263 Å². The number of hydrogen-bond acceptors (Lipinski definition) is 0. The molecule has 214 valence electrons. The third-order valence-corrected chi connectivity index (χ3v) is 9.59. The average molecular weight is 577 g/mol. The van der Waals surface area contributed by atoms with Crippen LogP contribution in [0.5, 0.6) is 0 Å². The number of benzene rings is 6. The first kappa shape index (κ1) is 25.9. The van der Waals surface area contributed by atoms with Gasteiger partial charge >= 0.3 is 0 Å². The topological polar surface area (TPSA) is 9.86 Å². The van der Waals surface area contributed by atoms with E-state index in [1.165, 1.54) is 77.6 Å². The van der Waals surface area contributed by atoms with Gasteiger partial charge in [-0.3, -0.25) is 0 Å². The van der Waals surface area contributed by atoms with Crippen LogP contribution in [0.3, 0.4) is 0 Å². The van der Waals surface area contributed by atoms with Crippen molar-refractivity contribution in [2.24, 2.45) is 0 Å². The summed E-state index contributed by atoms with van der Waals surface area (Å²) in [6, 6.07) is 53.1. The van der Waals surface area contributed by atoms with E-state index in [0.717, 1.165) is 6.42 Å². The summed E-state index contributed by atoms with van der Waals surface area (Å²) in [7, 11) is 0. The Hall–Kier alpha value is -5.60. The smallest absolute Gasteiger partial charge is 0.0541 e. The van der Waals surface area contributed by atoms with E-state index >= 15 is 0 Å². The minimum Gasteiger partial charge on any atom is -0.310 e. The second-order valence-corrected chi connectivity index (χ2v) is 12.2. The van der Waals surface area contributed by atoms with Crippen LogP contribution in [0.15, 0.2) is 152 Å². The molecule has 0 aliphatic heterocycles. The SMILES string of the molecule is CC1CC=Cc2c1c1ccccc1n2-c1ccc(-c2ccccc2-c2ccc(-n3c4ccccc4c4ccccc43)cc2)cc1. The second kappa shape index (κ2) is 10.2. The number of hydrogen-bond donors (Lipinski definition) is 0. The molecule has 2 heteroatoms. The highest BCUT2D eigenvalue weighted by Gasteiger charge is 2.22. The average Bonchev–Trinajstić information content (AvgIpc) is 3.62. The van der Waals surface area contributed by atoms with Crippen LogP contribution >= 0.6 is 0 Å². The Bertz CT molecular complexity index is 2350. The van der Waals surface area contributed by atoms with Crippen molar-refractivity contribution in [1.29, 1.82) is 0 Å². The molecule has 1 aliphatic carbocycles. The number of aromatic nitrogens is 2. The zero-order valence-electron chi connectivity index (χ0n) is 25.2. The third-order valence-electron chi connectivity index (χ3n) is 9.59. The quantitative estimate of drug-likeness (QED) is 0.197. The lowest BCUT2D eigenvalue weighted by molar-refractivity contribution is 0.773. The van der Waals surface area contributed by atoms with Gasteiger partial charge in [0.05, 0.1) is 16.6 Å². The van der Waals surface area contributed by atoms with Crippen molar-refractivity contribution >= 4 is 38.8 Å². The maximum absolute atomic E-state index is 2.43. The van der Waals surface area contributed by atoms with Gasteiger partial charge in [0.2, 0.25) is 0 Å². The Morgan fingerprint density at radius 3 is 1.47 bits per heavy atom. The third kappa shape index (κ3) is 4.03. The van der Waals surface area contributed by atoms with Gasteiger partial charge < -0.3 is 9.13 Å². The molecule has 0 spiro atoms. The minimum atomic E-state index is 0.517. The van der Waals surface area contributed by atoms with E-state index in [2.05, 4.69) is 174 Å². The van der Waals surface area contributed by atoms with Crippen LogP contribution in [0.2, 0.25) is 0 Å². The molecule has 2 nitrogen and oxygen atoms in total. The van der Waals surface area contributed by atoms with Crippen LogP contribution < -0.4 is 0 Å². The molecular formula is C43H32N2. The second-order valence-electron chi connectivity index (χ2n) is 12.2. The van der Waals surface area contributed by atoms with Gasteiger partial charge in [0.15, 0.2) is 0 Å². The van der Waals surface area contributed by atoms with Crippen LogP contribution in [0.25, 0.3) is 72.4 Å². The predicted octanol–water partition coefficient (Wildman–Crippen LogP) is 11.6. The van der Waals surface area contributed by atoms with Gasteiger partial charge in [0.25, 0.3) is 0 Å². The summed E-state index contributed by atoms with van der Waals surface area (Å²) in [5.74, 6) is 0.517. The van der Waals surface area contributed by atoms with Crippen molar-refractivity contribution < 1.29 is 0 Å². The maximum Gasteiger partial charge on any atom is 0.0541 e. The zero-order valence-corrected chi connectivity index (χ0v) is 25.2. The van der Waals surface area contributed by atoms with Crippen LogP contribution in [-0.2, 0) is 0 Å². The Kier molecular flexibility index (Phi) is 5.89. The molecule has 0 N–H and O–H groups in total. The molecule has 0 radical (unpaired) electrons. The molecule has 0 saturated carbocycles. The summed E-state index contributed by atoms with van der Waals surface area (Å²) in [5, 5.41) is 3.93. The first-order valence-electron chi connectivity index (χ1n) is 15.8. The van der Waals surface area contributed by atoms with Gasteiger partial charge in [-0.15, -0.1) is 0 Å². The van der Waals surface area contributed by atoms with Crippen LogP contribution in [0.1, 0.15) is 30.5 Å². The van der Waals surface area contributed by atoms with E-state index in [1.54, 1.807) is 0 Å². The molecule has 0 saturated heterocycles. The predicted molar refractivity (Wildman–Crippen MR) is 191 cm³/mol. The Balaban J connectivity index is 1.10. The molecule has 1 unspecified atom stereocenters. The fraction of sp³-hybridized carbons (Fsp3) is 0.0698. The summed E-state index contributed by atoms with van der Waals surface area (Å²) >= 11 is 0. The number of allylic oxidation sites excluding steroid dienone is 1. The summed E-state index contributed by atoms with van der Waals surface area (Å²) in [4.78, 5) is 0. The number of para-hydroxylation sites is 3. The standard InChI is InChI=1S/C43H32N2/c1-29-11-10-20-42-43(29)38-16-6-9-19-41(38)45(42)33-27-23-31(24-28-33)35-13-3-2-12-34(35)30-21-25-32(26-22-30)44-39-17-7-4-14-36(39)37-15-5-8-18-40(37)44/h2-10,12-29H,11H2,1H3. The molecule has 0 fully saturated rings. The van der Waals surface area contributed by atoms with Crippen LogP contribution in [0, 0.1) is 0 Å². The van der Waals surface area contributed by atoms with E-state index in [0.29, 0.717) is 5.92 Å². The molecule has 8 aromatic rings. The fourth-order valence-electron chi connectivity index (χ4n) is 7.51. The summed E-state index contributed by atoms with van der Waals surface area (Å²) < 4.78 is 4.80. The Morgan fingerprint density at radius 2 is 0.911 bits per heavy atom. The number of nitrogens with zero attached hydrogens (tertiary/aromatic N) is 2. The van der Waals surface area contributed by atoms with E-state index in [1.807, 2.05) is 0 Å². The van der Waals surface area contributed by atoms with Crippen molar-refractivity contribution in [2.75, 3.05) is 0 Å². The number of fused-ring (bicyclic) bond motifs is 6. The highest BCUT2D eigenvalue weighted by molar-refractivity contribution is 6.09. The highest BCUT2D eigenvalue weighted by atomic mass is 15.0. The molecule has 1 atom stereocenters. The lowest BCUT2D eigenvalue weighted by atomic mass is 9.91. The summed E-state index contributed by atoms with van der Waals surface area (Å²) in [5.41, 5.74) is 13.8. The molecule has 0 amide bonds. The summed E-state index contributed by atoms with van der Waals surface area (Å²) in [6.07, 6.45) is 5.72.